The first-order valence-corrected chi connectivity index (χ1v) is 7.58. The molecule has 0 unspecified atom stereocenters. The fourth-order valence-electron chi connectivity index (χ4n) is 0. The summed E-state index contributed by atoms with van der Waals surface area (Å²) in [5.41, 5.74) is 0. The van der Waals surface area contributed by atoms with Gasteiger partial charge in [-0.1, -0.05) is 0 Å². The summed E-state index contributed by atoms with van der Waals surface area (Å²) in [4.78, 5) is 43.1. The standard InChI is InChI=1S/Cr.2H3O4P.2H2O.2O/c;2*1-5(2,3)4;;;;/h;2*(H3,1,2,3,4);2*1H2;;/q+2;;;;;;/p-2. The van der Waals surface area contributed by atoms with Crippen molar-refractivity contribution in [1.29, 1.82) is 0 Å². The molecular formula is H8CrO12P2. The fraction of sp³-hybridized carbons (Fsp3) is 0. The molecule has 0 aliphatic heterocycles. The second kappa shape index (κ2) is 7.53. The summed E-state index contributed by atoms with van der Waals surface area (Å²) < 4.78 is 49.6. The maximum atomic E-state index is 8.88. The topological polar surface area (TPSA) is 230 Å². The average Bonchev–Trinajstić information content (AvgIpc) is 1.41. The van der Waals surface area contributed by atoms with Crippen molar-refractivity contribution < 1.29 is 68.0 Å². The minimum absolute atomic E-state index is 4.64. The van der Waals surface area contributed by atoms with Crippen molar-refractivity contribution in [2.24, 2.45) is 0 Å². The molecule has 0 saturated carbocycles. The van der Waals surface area contributed by atoms with Gasteiger partial charge in [0.25, 0.3) is 0 Å². The van der Waals surface area contributed by atoms with Crippen molar-refractivity contribution >= 4 is 15.6 Å². The van der Waals surface area contributed by atoms with E-state index in [-0.39, 0.29) is 0 Å². The van der Waals surface area contributed by atoms with E-state index in [4.69, 9.17) is 54.4 Å². The van der Waals surface area contributed by atoms with Crippen molar-refractivity contribution in [1.82, 2.24) is 0 Å². The molecule has 0 saturated heterocycles. The van der Waals surface area contributed by atoms with Gasteiger partial charge >= 0.3 is 45.2 Å². The Hall–Kier alpha value is 0.272. The van der Waals surface area contributed by atoms with Crippen LogP contribution in [0.3, 0.4) is 0 Å². The van der Waals surface area contributed by atoms with Gasteiger partial charge < -0.3 is 29.4 Å². The molecule has 0 heterocycles. The third kappa shape index (κ3) is 29000. The van der Waals surface area contributed by atoms with Crippen LogP contribution in [0.4, 0.5) is 0 Å². The molecule has 0 atom stereocenters. The van der Waals surface area contributed by atoms with Crippen LogP contribution >= 0.6 is 15.6 Å². The Bertz CT molecular complexity index is 278. The zero-order valence-electron chi connectivity index (χ0n) is 6.51. The predicted octanol–water partition coefficient (Wildman–Crippen LogP) is -3.21. The van der Waals surface area contributed by atoms with Gasteiger partial charge in [0.2, 0.25) is 0 Å². The van der Waals surface area contributed by atoms with Gasteiger partial charge in [0, 0.05) is 0 Å². The Balaban J connectivity index is -0.000000144. The number of rotatable bonds is 0. The molecule has 96 valence electrons. The van der Waals surface area contributed by atoms with Crippen LogP contribution in [0, 0.1) is 0 Å². The van der Waals surface area contributed by atoms with Crippen LogP contribution in [-0.4, -0.2) is 37.7 Å². The van der Waals surface area contributed by atoms with Gasteiger partial charge in [0.1, 0.15) is 0 Å². The van der Waals surface area contributed by atoms with Gasteiger partial charge in [-0.05, 0) is 0 Å². The van der Waals surface area contributed by atoms with E-state index in [1.54, 1.807) is 0 Å². The van der Waals surface area contributed by atoms with E-state index in [9.17, 15) is 0 Å². The summed E-state index contributed by atoms with van der Waals surface area (Å²) in [5, 5.41) is 0. The Morgan fingerprint density at radius 2 is 0.667 bits per heavy atom. The fourth-order valence-corrected chi connectivity index (χ4v) is 0. The van der Waals surface area contributed by atoms with E-state index >= 15 is 0 Å². The summed E-state index contributed by atoms with van der Waals surface area (Å²) in [7, 11) is -9.28. The van der Waals surface area contributed by atoms with Crippen molar-refractivity contribution in [2.75, 3.05) is 0 Å². The average molecular weight is 314 g/mol. The predicted molar refractivity (Wildman–Crippen MR) is 34.3 cm³/mol. The van der Waals surface area contributed by atoms with Crippen molar-refractivity contribution in [2.45, 2.75) is 0 Å². The quantitative estimate of drug-likeness (QED) is 0.206. The van der Waals surface area contributed by atoms with E-state index < -0.39 is 29.3 Å². The zero-order chi connectivity index (χ0) is 13.5. The third-order valence-electron chi connectivity index (χ3n) is 0. The summed E-state index contributed by atoms with van der Waals surface area (Å²) >= 11 is -5.25. The second-order valence-corrected chi connectivity index (χ2v) is 4.93. The molecule has 0 rings (SSSR count). The van der Waals surface area contributed by atoms with Gasteiger partial charge in [-0.2, -0.15) is 0 Å². The van der Waals surface area contributed by atoms with Crippen LogP contribution in [0.5, 0.6) is 0 Å². The van der Waals surface area contributed by atoms with Crippen LogP contribution in [0.2, 0.25) is 0 Å². The molecular weight excluding hydrogens is 306 g/mol. The zero-order valence-corrected chi connectivity index (χ0v) is 9.58. The molecule has 0 fully saturated rings. The van der Waals surface area contributed by atoms with Gasteiger partial charge in [-0.25, -0.2) is 9.13 Å². The van der Waals surface area contributed by atoms with E-state index in [1.807, 2.05) is 0 Å². The van der Waals surface area contributed by atoms with Crippen LogP contribution in [-0.2, 0) is 30.4 Å². The molecule has 0 aromatic carbocycles. The Kier molecular flexibility index (Phi) is 10.4. The van der Waals surface area contributed by atoms with Gasteiger partial charge in [-0.3, -0.25) is 0 Å². The molecule has 15 heavy (non-hydrogen) atoms. The molecule has 0 aliphatic rings. The first-order valence-electron chi connectivity index (χ1n) is 2.26. The molecule has 12 nitrogen and oxygen atoms in total. The molecule has 0 spiro atoms. The summed E-state index contributed by atoms with van der Waals surface area (Å²) in [6.45, 7) is 0. The molecule has 0 aromatic heterocycles. The van der Waals surface area contributed by atoms with Crippen molar-refractivity contribution in [3.05, 3.63) is 0 Å². The number of hydrogen-bond donors (Lipinski definition) is 8. The van der Waals surface area contributed by atoms with E-state index in [0.717, 1.165) is 0 Å². The molecule has 0 radical (unpaired) electrons. The van der Waals surface area contributed by atoms with E-state index in [0.29, 0.717) is 0 Å². The molecule has 15 heteroatoms. The van der Waals surface area contributed by atoms with E-state index in [1.165, 1.54) is 0 Å². The van der Waals surface area contributed by atoms with Crippen molar-refractivity contribution in [3.8, 4) is 0 Å². The van der Waals surface area contributed by atoms with Gasteiger partial charge in [-0.15, -0.1) is 0 Å². The van der Waals surface area contributed by atoms with E-state index in [2.05, 4.69) is 0 Å². The SMILES string of the molecule is O=P(O)(O)O.O=P(O)(O)O.[O]=[Cr](=[O])([OH])[OH]. The van der Waals surface area contributed by atoms with Gasteiger partial charge in [0.15, 0.2) is 0 Å². The maximum absolute atomic E-state index is 8.88. The summed E-state index contributed by atoms with van der Waals surface area (Å²) in [6.07, 6.45) is 0. The third-order valence-corrected chi connectivity index (χ3v) is 0. The van der Waals surface area contributed by atoms with Crippen LogP contribution < -0.4 is 0 Å². The molecule has 0 bridgehead atoms. The normalized spacial score (nSPS) is 11.7. The first kappa shape index (κ1) is 20.7. The minimum atomic E-state index is -5.25. The van der Waals surface area contributed by atoms with Crippen LogP contribution in [0.15, 0.2) is 0 Å². The molecule has 0 amide bonds. The summed E-state index contributed by atoms with van der Waals surface area (Å²) in [5.74, 6) is 0. The Morgan fingerprint density at radius 3 is 0.667 bits per heavy atom. The Morgan fingerprint density at radius 1 is 0.667 bits per heavy atom. The second-order valence-electron chi connectivity index (χ2n) is 1.47. The van der Waals surface area contributed by atoms with Gasteiger partial charge in [0.05, 0.1) is 0 Å². The number of phosphoric acid groups is 2. The Labute approximate surface area is 84.3 Å². The molecule has 8 N–H and O–H groups in total. The molecule has 0 aliphatic carbocycles. The monoisotopic (exact) mass is 314 g/mol. The first-order chi connectivity index (χ1) is 6.00. The number of hydrogen-bond acceptors (Lipinski definition) is 4. The summed E-state index contributed by atoms with van der Waals surface area (Å²) in [6, 6.07) is 0. The van der Waals surface area contributed by atoms with Crippen LogP contribution in [0.1, 0.15) is 0 Å². The van der Waals surface area contributed by atoms with Crippen molar-refractivity contribution in [3.63, 3.8) is 0 Å². The molecule has 0 aromatic rings. The van der Waals surface area contributed by atoms with Crippen LogP contribution in [0.25, 0.3) is 0 Å².